The van der Waals surface area contributed by atoms with Crippen LogP contribution >= 0.6 is 35.6 Å². The summed E-state index contributed by atoms with van der Waals surface area (Å²) in [6.07, 6.45) is 1.35. The molecule has 0 aliphatic carbocycles. The van der Waals surface area contributed by atoms with Crippen molar-refractivity contribution < 1.29 is 4.79 Å². The third kappa shape index (κ3) is 6.38. The number of halogens is 2. The van der Waals surface area contributed by atoms with E-state index in [0.29, 0.717) is 13.0 Å². The van der Waals surface area contributed by atoms with Gasteiger partial charge in [-0.25, -0.2) is 0 Å². The first-order valence-electron chi connectivity index (χ1n) is 9.31. The van der Waals surface area contributed by atoms with Gasteiger partial charge >= 0.3 is 0 Å². The molecule has 1 amide bonds. The van der Waals surface area contributed by atoms with E-state index in [4.69, 9.17) is 16.6 Å². The van der Waals surface area contributed by atoms with Crippen LogP contribution < -0.4 is 16.0 Å². The number of aliphatic imine (C=N–C) groups is 1. The molecule has 3 N–H and O–H groups in total. The van der Waals surface area contributed by atoms with Crippen LogP contribution in [0.25, 0.3) is 0 Å². The molecule has 0 aromatic heterocycles. The topological polar surface area (TPSA) is 65.5 Å². The molecule has 0 spiro atoms. The number of para-hydroxylation sites is 1. The molecule has 2 aromatic carbocycles. The van der Waals surface area contributed by atoms with Gasteiger partial charge in [0, 0.05) is 36.1 Å². The van der Waals surface area contributed by atoms with Crippen molar-refractivity contribution in [1.29, 1.82) is 0 Å². The lowest BCUT2D eigenvalue weighted by Crippen LogP contribution is -2.38. The Balaban J connectivity index is 0.00000280. The fraction of sp³-hybridized carbons (Fsp3) is 0.333. The average Bonchev–Trinajstić information content (AvgIpc) is 2.67. The summed E-state index contributed by atoms with van der Waals surface area (Å²) in [5.41, 5.74) is 3.27. The number of fused-ring (bicyclic) bond motifs is 1. The minimum absolute atomic E-state index is 0. The summed E-state index contributed by atoms with van der Waals surface area (Å²) in [5, 5.41) is 10.3. The van der Waals surface area contributed by atoms with Gasteiger partial charge in [0.1, 0.15) is 0 Å². The molecule has 0 saturated carbocycles. The molecule has 0 fully saturated rings. The zero-order chi connectivity index (χ0) is 19.1. The Morgan fingerprint density at radius 3 is 2.68 bits per heavy atom. The van der Waals surface area contributed by atoms with Gasteiger partial charge in [-0.05, 0) is 42.7 Å². The van der Waals surface area contributed by atoms with Crippen LogP contribution in [0.4, 0.5) is 5.69 Å². The van der Waals surface area contributed by atoms with Gasteiger partial charge in [-0.15, -0.1) is 24.0 Å². The number of nitrogens with zero attached hydrogens (tertiary/aromatic N) is 1. The molecule has 28 heavy (non-hydrogen) atoms. The molecule has 1 unspecified atom stereocenters. The second-order valence-electron chi connectivity index (χ2n) is 6.56. The van der Waals surface area contributed by atoms with E-state index in [2.05, 4.69) is 22.0 Å². The Hall–Kier alpha value is -1.80. The summed E-state index contributed by atoms with van der Waals surface area (Å²) in [5.74, 6) is 0.922. The monoisotopic (exact) mass is 512 g/mol. The van der Waals surface area contributed by atoms with Gasteiger partial charge in [-0.2, -0.15) is 0 Å². The fourth-order valence-corrected chi connectivity index (χ4v) is 3.31. The molecule has 0 saturated heterocycles. The Bertz CT molecular complexity index is 810. The molecule has 5 nitrogen and oxygen atoms in total. The smallest absolute Gasteiger partial charge is 0.225 e. The molecule has 7 heteroatoms. The first-order chi connectivity index (χ1) is 13.2. The number of nitrogens with one attached hydrogen (secondary N) is 3. The second kappa shape index (κ2) is 11.3. The average molecular weight is 513 g/mol. The van der Waals surface area contributed by atoms with Crippen LogP contribution in [0, 0.1) is 0 Å². The van der Waals surface area contributed by atoms with E-state index >= 15 is 0 Å². The predicted octanol–water partition coefficient (Wildman–Crippen LogP) is 4.18. The van der Waals surface area contributed by atoms with E-state index in [9.17, 15) is 4.79 Å². The first kappa shape index (κ1) is 22.5. The van der Waals surface area contributed by atoms with Gasteiger partial charge in [0.05, 0.1) is 6.54 Å². The number of anilines is 1. The minimum atomic E-state index is 0. The fourth-order valence-electron chi connectivity index (χ4n) is 3.18. The van der Waals surface area contributed by atoms with Gasteiger partial charge in [-0.3, -0.25) is 9.79 Å². The van der Waals surface area contributed by atoms with Crippen molar-refractivity contribution in [3.8, 4) is 0 Å². The summed E-state index contributed by atoms with van der Waals surface area (Å²) in [7, 11) is 0. The Morgan fingerprint density at radius 1 is 1.18 bits per heavy atom. The van der Waals surface area contributed by atoms with E-state index < -0.39 is 0 Å². The number of guanidine groups is 1. The lowest BCUT2D eigenvalue weighted by atomic mass is 9.91. The molecule has 2 aromatic rings. The van der Waals surface area contributed by atoms with Crippen LogP contribution in [0.3, 0.4) is 0 Å². The van der Waals surface area contributed by atoms with E-state index in [-0.39, 0.29) is 35.8 Å². The Kier molecular flexibility index (Phi) is 9.05. The zero-order valence-electron chi connectivity index (χ0n) is 15.9. The number of rotatable bonds is 6. The zero-order valence-corrected chi connectivity index (χ0v) is 19.0. The highest BCUT2D eigenvalue weighted by Crippen LogP contribution is 2.31. The van der Waals surface area contributed by atoms with E-state index in [1.54, 1.807) is 0 Å². The number of carbonyl (C=O) groups is 1. The lowest BCUT2D eigenvalue weighted by molar-refractivity contribution is -0.116. The Morgan fingerprint density at radius 2 is 1.93 bits per heavy atom. The summed E-state index contributed by atoms with van der Waals surface area (Å²) in [6.45, 7) is 4.17. The standard InChI is InChI=1S/C21H25ClN4O.HI/c1-2-23-21(24-12-11-15-7-9-17(22)10-8-15)25-14-16-13-20(27)26-19-6-4-3-5-18(16)19;/h3-10,16H,2,11-14H2,1H3,(H,26,27)(H2,23,24,25);1H. The minimum Gasteiger partial charge on any atom is -0.357 e. The molecule has 1 aliphatic rings. The van der Waals surface area contributed by atoms with Crippen molar-refractivity contribution in [2.24, 2.45) is 4.99 Å². The van der Waals surface area contributed by atoms with Crippen molar-refractivity contribution in [3.63, 3.8) is 0 Å². The summed E-state index contributed by atoms with van der Waals surface area (Å²) >= 11 is 5.93. The number of benzene rings is 2. The normalized spacial score (nSPS) is 15.9. The van der Waals surface area contributed by atoms with Gasteiger partial charge in [0.25, 0.3) is 0 Å². The highest BCUT2D eigenvalue weighted by atomic mass is 127. The maximum Gasteiger partial charge on any atom is 0.225 e. The molecule has 0 bridgehead atoms. The number of carbonyl (C=O) groups excluding carboxylic acids is 1. The van der Waals surface area contributed by atoms with Crippen LogP contribution in [-0.4, -0.2) is 31.5 Å². The molecule has 3 rings (SSSR count). The number of amides is 1. The number of hydrogen-bond donors (Lipinski definition) is 3. The maximum atomic E-state index is 12.0. The highest BCUT2D eigenvalue weighted by Gasteiger charge is 2.24. The van der Waals surface area contributed by atoms with Crippen molar-refractivity contribution in [2.75, 3.05) is 25.0 Å². The summed E-state index contributed by atoms with van der Waals surface area (Å²) in [6, 6.07) is 15.8. The van der Waals surface area contributed by atoms with Crippen molar-refractivity contribution >= 4 is 53.1 Å². The van der Waals surface area contributed by atoms with E-state index in [1.807, 2.05) is 49.4 Å². The molecule has 150 valence electrons. The van der Waals surface area contributed by atoms with Gasteiger partial charge in [0.15, 0.2) is 5.96 Å². The van der Waals surface area contributed by atoms with Crippen LogP contribution in [-0.2, 0) is 11.2 Å². The second-order valence-corrected chi connectivity index (χ2v) is 7.00. The molecular formula is C21H26ClIN4O. The molecule has 1 atom stereocenters. The van der Waals surface area contributed by atoms with Crippen molar-refractivity contribution in [3.05, 3.63) is 64.7 Å². The first-order valence-corrected chi connectivity index (χ1v) is 9.69. The van der Waals surface area contributed by atoms with Crippen LogP contribution in [0.2, 0.25) is 5.02 Å². The molecular weight excluding hydrogens is 487 g/mol. The van der Waals surface area contributed by atoms with Gasteiger partial charge in [0.2, 0.25) is 5.91 Å². The SMILES string of the molecule is CCNC(=NCC1CC(=O)Nc2ccccc21)NCCc1ccc(Cl)cc1.I. The third-order valence-corrected chi connectivity index (χ3v) is 4.79. The van der Waals surface area contributed by atoms with E-state index in [0.717, 1.165) is 41.7 Å². The van der Waals surface area contributed by atoms with Crippen LogP contribution in [0.5, 0.6) is 0 Å². The van der Waals surface area contributed by atoms with Crippen molar-refractivity contribution in [2.45, 2.75) is 25.7 Å². The third-order valence-electron chi connectivity index (χ3n) is 4.54. The quantitative estimate of drug-likeness (QED) is 0.309. The molecule has 1 aliphatic heterocycles. The Labute approximate surface area is 188 Å². The van der Waals surface area contributed by atoms with Gasteiger partial charge in [-0.1, -0.05) is 41.9 Å². The summed E-state index contributed by atoms with van der Waals surface area (Å²) in [4.78, 5) is 16.7. The van der Waals surface area contributed by atoms with Crippen LogP contribution in [0.1, 0.15) is 30.4 Å². The predicted molar refractivity (Wildman–Crippen MR) is 127 cm³/mol. The van der Waals surface area contributed by atoms with E-state index in [1.165, 1.54) is 5.56 Å². The largest absolute Gasteiger partial charge is 0.357 e. The number of hydrogen-bond acceptors (Lipinski definition) is 2. The van der Waals surface area contributed by atoms with Gasteiger partial charge < -0.3 is 16.0 Å². The highest BCUT2D eigenvalue weighted by molar-refractivity contribution is 14.0. The lowest BCUT2D eigenvalue weighted by Gasteiger charge is -2.24. The van der Waals surface area contributed by atoms with Crippen molar-refractivity contribution in [1.82, 2.24) is 10.6 Å². The maximum absolute atomic E-state index is 12.0. The molecule has 1 heterocycles. The van der Waals surface area contributed by atoms with Crippen LogP contribution in [0.15, 0.2) is 53.5 Å². The summed E-state index contributed by atoms with van der Waals surface area (Å²) < 4.78 is 0. The molecule has 0 radical (unpaired) electrons.